The van der Waals surface area contributed by atoms with Crippen molar-refractivity contribution in [3.8, 4) is 5.75 Å². The number of ether oxygens (including phenoxy) is 1. The van der Waals surface area contributed by atoms with Crippen LogP contribution in [0.15, 0.2) is 18.2 Å². The first-order valence-electron chi connectivity index (χ1n) is 5.98. The van der Waals surface area contributed by atoms with Crippen LogP contribution >= 0.6 is 0 Å². The fourth-order valence-corrected chi connectivity index (χ4v) is 1.66. The van der Waals surface area contributed by atoms with E-state index in [2.05, 4.69) is 0 Å². The van der Waals surface area contributed by atoms with Crippen LogP contribution in [0.25, 0.3) is 0 Å². The smallest absolute Gasteiger partial charge is 0.318 e. The molecule has 0 spiro atoms. The Bertz CT molecular complexity index is 508. The van der Waals surface area contributed by atoms with Crippen molar-refractivity contribution in [3.05, 3.63) is 29.6 Å². The number of benzene rings is 1. The molecule has 0 unspecified atom stereocenters. The van der Waals surface area contributed by atoms with Crippen LogP contribution in [0.5, 0.6) is 5.75 Å². The average Bonchev–Trinajstić information content (AvgIpc) is 2.37. The second-order valence-electron chi connectivity index (χ2n) is 4.41. The van der Waals surface area contributed by atoms with E-state index in [9.17, 15) is 14.0 Å². The predicted molar refractivity (Wildman–Crippen MR) is 71.6 cm³/mol. The minimum absolute atomic E-state index is 0.163. The number of hydrogen-bond donors (Lipinski definition) is 2. The largest absolute Gasteiger partial charge is 0.494 e. The second kappa shape index (κ2) is 6.85. The van der Waals surface area contributed by atoms with Crippen molar-refractivity contribution in [1.29, 1.82) is 0 Å². The number of primary amides is 1. The van der Waals surface area contributed by atoms with Gasteiger partial charge in [-0.15, -0.1) is 0 Å². The third kappa shape index (κ3) is 4.20. The molecule has 110 valence electrons. The van der Waals surface area contributed by atoms with Gasteiger partial charge in [-0.25, -0.2) is 9.18 Å². The molecular weight excluding hydrogens is 265 g/mol. The van der Waals surface area contributed by atoms with E-state index in [1.54, 1.807) is 24.9 Å². The Balaban J connectivity index is 2.70. The summed E-state index contributed by atoms with van der Waals surface area (Å²) < 4.78 is 18.4. The highest BCUT2D eigenvalue weighted by molar-refractivity contribution is 5.96. The van der Waals surface area contributed by atoms with Crippen molar-refractivity contribution < 1.29 is 18.7 Å². The summed E-state index contributed by atoms with van der Waals surface area (Å²) in [5.74, 6) is -0.808. The van der Waals surface area contributed by atoms with Gasteiger partial charge in [-0.05, 0) is 31.7 Å². The van der Waals surface area contributed by atoms with Crippen molar-refractivity contribution >= 4 is 11.9 Å². The van der Waals surface area contributed by atoms with Crippen LogP contribution in [0.4, 0.5) is 9.18 Å². The molecule has 7 heteroatoms. The number of halogens is 1. The fraction of sp³-hybridized carbons (Fsp3) is 0.385. The van der Waals surface area contributed by atoms with Crippen LogP contribution in [-0.2, 0) is 11.3 Å². The Morgan fingerprint density at radius 1 is 1.50 bits per heavy atom. The van der Waals surface area contributed by atoms with E-state index in [1.165, 1.54) is 19.2 Å². The van der Waals surface area contributed by atoms with E-state index < -0.39 is 23.8 Å². The minimum Gasteiger partial charge on any atom is -0.494 e. The number of hydrogen-bond acceptors (Lipinski definition) is 4. The molecule has 6 nitrogen and oxygen atoms in total. The summed E-state index contributed by atoms with van der Waals surface area (Å²) in [7, 11) is 3.08. The molecule has 3 N–H and O–H groups in total. The molecule has 0 bridgehead atoms. The zero-order valence-electron chi connectivity index (χ0n) is 11.6. The standard InChI is InChI=1S/C13H18FN3O3/c1-8(12(18)16-13(15)19)17(2)7-9-4-5-11(20-3)10(14)6-9/h4-6,8H,7H2,1-3H3,(H3,15,16,18,19)/t8-/m1/s1. The van der Waals surface area contributed by atoms with Crippen molar-refractivity contribution in [2.24, 2.45) is 5.73 Å². The Morgan fingerprint density at radius 2 is 2.15 bits per heavy atom. The van der Waals surface area contributed by atoms with Gasteiger partial charge in [0.25, 0.3) is 0 Å². The highest BCUT2D eigenvalue weighted by Gasteiger charge is 2.19. The number of carbonyl (C=O) groups excluding carboxylic acids is 2. The third-order valence-corrected chi connectivity index (χ3v) is 2.94. The SMILES string of the molecule is COc1ccc(CN(C)[C@H](C)C(=O)NC(N)=O)cc1F. The lowest BCUT2D eigenvalue weighted by Gasteiger charge is -2.23. The van der Waals surface area contributed by atoms with Crippen molar-refractivity contribution in [2.45, 2.75) is 19.5 Å². The van der Waals surface area contributed by atoms with Crippen LogP contribution in [0.1, 0.15) is 12.5 Å². The van der Waals surface area contributed by atoms with Crippen LogP contribution in [-0.4, -0.2) is 37.0 Å². The Kier molecular flexibility index (Phi) is 5.45. The topological polar surface area (TPSA) is 84.7 Å². The summed E-state index contributed by atoms with van der Waals surface area (Å²) in [5.41, 5.74) is 5.57. The molecule has 0 aliphatic rings. The summed E-state index contributed by atoms with van der Waals surface area (Å²) in [4.78, 5) is 23.9. The summed E-state index contributed by atoms with van der Waals surface area (Å²) in [6.07, 6.45) is 0. The molecule has 1 aromatic rings. The van der Waals surface area contributed by atoms with E-state index in [4.69, 9.17) is 10.5 Å². The number of nitrogens with two attached hydrogens (primary N) is 1. The minimum atomic E-state index is -0.897. The van der Waals surface area contributed by atoms with Gasteiger partial charge in [0, 0.05) is 6.54 Å². The van der Waals surface area contributed by atoms with Gasteiger partial charge >= 0.3 is 6.03 Å². The van der Waals surface area contributed by atoms with Gasteiger partial charge < -0.3 is 10.5 Å². The molecule has 1 aromatic carbocycles. The molecule has 0 aliphatic heterocycles. The molecule has 0 saturated heterocycles. The summed E-state index contributed by atoms with van der Waals surface area (Å²) in [6.45, 7) is 1.96. The Morgan fingerprint density at radius 3 is 2.65 bits per heavy atom. The molecule has 0 radical (unpaired) electrons. The molecule has 20 heavy (non-hydrogen) atoms. The second-order valence-corrected chi connectivity index (χ2v) is 4.41. The number of nitrogens with one attached hydrogen (secondary N) is 1. The quantitative estimate of drug-likeness (QED) is 0.839. The first kappa shape index (κ1) is 15.9. The van der Waals surface area contributed by atoms with Crippen LogP contribution in [0.3, 0.4) is 0 Å². The maximum absolute atomic E-state index is 13.5. The number of likely N-dealkylation sites (N-methyl/N-ethyl adjacent to an activating group) is 1. The van der Waals surface area contributed by atoms with Crippen molar-refractivity contribution in [2.75, 3.05) is 14.2 Å². The number of urea groups is 1. The summed E-state index contributed by atoms with van der Waals surface area (Å²) in [5, 5.41) is 2.00. The van der Waals surface area contributed by atoms with Gasteiger partial charge in [-0.2, -0.15) is 0 Å². The maximum atomic E-state index is 13.5. The lowest BCUT2D eigenvalue weighted by molar-refractivity contribution is -0.124. The van der Waals surface area contributed by atoms with Crippen LogP contribution in [0.2, 0.25) is 0 Å². The predicted octanol–water partition coefficient (Wildman–Crippen LogP) is 0.849. The van der Waals surface area contributed by atoms with Gasteiger partial charge in [-0.1, -0.05) is 6.07 Å². The molecular formula is C13H18FN3O3. The number of amides is 3. The highest BCUT2D eigenvalue weighted by atomic mass is 19.1. The number of rotatable bonds is 5. The van der Waals surface area contributed by atoms with Gasteiger partial charge in [0.15, 0.2) is 11.6 Å². The van der Waals surface area contributed by atoms with Crippen molar-refractivity contribution in [3.63, 3.8) is 0 Å². The molecule has 0 saturated carbocycles. The highest BCUT2D eigenvalue weighted by Crippen LogP contribution is 2.18. The summed E-state index contributed by atoms with van der Waals surface area (Å²) in [6, 6.07) is 3.09. The third-order valence-electron chi connectivity index (χ3n) is 2.94. The zero-order chi connectivity index (χ0) is 15.3. The summed E-state index contributed by atoms with van der Waals surface area (Å²) >= 11 is 0. The Labute approximate surface area is 116 Å². The van der Waals surface area contributed by atoms with E-state index in [0.717, 1.165) is 0 Å². The van der Waals surface area contributed by atoms with Gasteiger partial charge in [0.05, 0.1) is 13.2 Å². The van der Waals surface area contributed by atoms with Gasteiger partial charge in [0.1, 0.15) is 0 Å². The van der Waals surface area contributed by atoms with Crippen LogP contribution in [0, 0.1) is 5.82 Å². The van der Waals surface area contributed by atoms with E-state index >= 15 is 0 Å². The van der Waals surface area contributed by atoms with E-state index in [1.807, 2.05) is 5.32 Å². The maximum Gasteiger partial charge on any atom is 0.318 e. The average molecular weight is 283 g/mol. The molecule has 1 atom stereocenters. The van der Waals surface area contributed by atoms with E-state index in [-0.39, 0.29) is 5.75 Å². The van der Waals surface area contributed by atoms with Crippen molar-refractivity contribution in [1.82, 2.24) is 10.2 Å². The number of nitrogens with zero attached hydrogens (tertiary/aromatic N) is 1. The normalized spacial score (nSPS) is 12.1. The molecule has 0 fully saturated rings. The molecule has 3 amide bonds. The number of imide groups is 1. The molecule has 0 aliphatic carbocycles. The zero-order valence-corrected chi connectivity index (χ0v) is 11.6. The monoisotopic (exact) mass is 283 g/mol. The molecule has 1 rings (SSSR count). The first-order valence-corrected chi connectivity index (χ1v) is 5.98. The van der Waals surface area contributed by atoms with Crippen LogP contribution < -0.4 is 15.8 Å². The first-order chi connectivity index (χ1) is 9.35. The van der Waals surface area contributed by atoms with Gasteiger partial charge in [0.2, 0.25) is 5.91 Å². The van der Waals surface area contributed by atoms with Gasteiger partial charge in [-0.3, -0.25) is 15.0 Å². The molecule has 0 aromatic heterocycles. The number of carbonyl (C=O) groups is 2. The fourth-order valence-electron chi connectivity index (χ4n) is 1.66. The van der Waals surface area contributed by atoms with E-state index in [0.29, 0.717) is 12.1 Å². The lowest BCUT2D eigenvalue weighted by Crippen LogP contribution is -2.46. The number of methoxy groups -OCH3 is 1. The lowest BCUT2D eigenvalue weighted by atomic mass is 10.1. The molecule has 0 heterocycles. The Hall–Kier alpha value is -2.15.